The monoisotopic (exact) mass is 400 g/mol. The second kappa shape index (κ2) is 10.2. The largest absolute Gasteiger partial charge is 0.444 e. The van der Waals surface area contributed by atoms with Crippen LogP contribution < -0.4 is 0 Å². The van der Waals surface area contributed by atoms with Crippen molar-refractivity contribution < 1.29 is 23.8 Å². The smallest absolute Gasteiger partial charge is 0.410 e. The lowest BCUT2D eigenvalue weighted by Crippen LogP contribution is -2.42. The Balaban J connectivity index is 2.73. The van der Waals surface area contributed by atoms with Crippen LogP contribution in [0, 0.1) is 0 Å². The van der Waals surface area contributed by atoms with E-state index in [0.717, 1.165) is 6.04 Å². The molecule has 1 rings (SSSR count). The maximum atomic E-state index is 12.6. The van der Waals surface area contributed by atoms with Gasteiger partial charge in [0.1, 0.15) is 18.9 Å². The minimum absolute atomic E-state index is 0.0414. The van der Waals surface area contributed by atoms with Gasteiger partial charge in [-0.25, -0.2) is 4.79 Å². The highest BCUT2D eigenvalue weighted by Gasteiger charge is 2.33. The molecule has 0 bridgehead atoms. The van der Waals surface area contributed by atoms with E-state index in [1.807, 2.05) is 0 Å². The lowest BCUT2D eigenvalue weighted by molar-refractivity contribution is -0.137. The number of rotatable bonds is 8. The Hall–Kier alpha value is -1.38. The van der Waals surface area contributed by atoms with E-state index in [4.69, 9.17) is 14.2 Å². The molecule has 0 aromatic carbocycles. The van der Waals surface area contributed by atoms with Gasteiger partial charge in [0, 0.05) is 14.7 Å². The summed E-state index contributed by atoms with van der Waals surface area (Å²) in [7, 11) is -1.18. The van der Waals surface area contributed by atoms with Crippen molar-refractivity contribution in [3.8, 4) is 0 Å². The molecule has 0 saturated carbocycles. The normalized spacial score (nSPS) is 19.0. The number of hydrogen-bond donors (Lipinski definition) is 0. The van der Waals surface area contributed by atoms with Gasteiger partial charge < -0.3 is 19.1 Å². The maximum Gasteiger partial charge on any atom is 0.410 e. The Kier molecular flexibility index (Phi) is 8.97. The van der Waals surface area contributed by atoms with E-state index < -0.39 is 19.8 Å². The number of ether oxygens (including phenoxy) is 3. The minimum Gasteiger partial charge on any atom is -0.444 e. The molecule has 0 aliphatic carbocycles. The summed E-state index contributed by atoms with van der Waals surface area (Å²) in [6.07, 6.45) is 0.825. The van der Waals surface area contributed by atoms with Gasteiger partial charge in [0.05, 0.1) is 25.8 Å². The highest BCUT2D eigenvalue weighted by Crippen LogP contribution is 2.15. The van der Waals surface area contributed by atoms with Crippen molar-refractivity contribution in [1.82, 2.24) is 9.80 Å². The molecule has 0 spiro atoms. The fourth-order valence-electron chi connectivity index (χ4n) is 2.43. The van der Waals surface area contributed by atoms with Gasteiger partial charge in [0.2, 0.25) is 5.91 Å². The van der Waals surface area contributed by atoms with E-state index in [9.17, 15) is 9.59 Å². The summed E-state index contributed by atoms with van der Waals surface area (Å²) in [6, 6.07) is 1.04. The van der Waals surface area contributed by atoms with E-state index in [2.05, 4.69) is 26.2 Å². The standard InChI is InChI=1S/C19H36N2O5Si/c1-8-9-25-16-12-20(18(23)26-19(2,3)4)14-17(22)21(13-16)15-24-10-11-27(5,6)7/h8,16H,1,9-15H2,2-7H3/t16-/m0/s1. The minimum atomic E-state index is -1.18. The van der Waals surface area contributed by atoms with Crippen molar-refractivity contribution in [1.29, 1.82) is 0 Å². The Morgan fingerprint density at radius 1 is 1.30 bits per heavy atom. The van der Waals surface area contributed by atoms with Crippen LogP contribution in [0.4, 0.5) is 4.79 Å². The number of hydrogen-bond acceptors (Lipinski definition) is 5. The van der Waals surface area contributed by atoms with Crippen molar-refractivity contribution in [2.45, 2.75) is 58.2 Å². The van der Waals surface area contributed by atoms with Gasteiger partial charge in [0.15, 0.2) is 0 Å². The number of carbonyl (C=O) groups excluding carboxylic acids is 2. The van der Waals surface area contributed by atoms with Crippen LogP contribution in [0.1, 0.15) is 20.8 Å². The molecule has 156 valence electrons. The molecule has 0 N–H and O–H groups in total. The summed E-state index contributed by atoms with van der Waals surface area (Å²) >= 11 is 0. The molecular formula is C19H36N2O5Si. The first-order valence-corrected chi connectivity index (χ1v) is 13.2. The van der Waals surface area contributed by atoms with Gasteiger partial charge in [-0.1, -0.05) is 25.7 Å². The van der Waals surface area contributed by atoms with Crippen LogP contribution in [-0.4, -0.2) is 81.2 Å². The lowest BCUT2D eigenvalue weighted by Gasteiger charge is -2.27. The molecule has 0 aromatic rings. The Morgan fingerprint density at radius 2 is 1.96 bits per heavy atom. The van der Waals surface area contributed by atoms with Crippen molar-refractivity contribution in [2.75, 3.05) is 39.6 Å². The molecule has 8 heteroatoms. The molecule has 1 aliphatic heterocycles. The maximum absolute atomic E-state index is 12.6. The van der Waals surface area contributed by atoms with Gasteiger partial charge in [-0.15, -0.1) is 6.58 Å². The molecule has 1 atom stereocenters. The van der Waals surface area contributed by atoms with E-state index in [1.165, 1.54) is 4.90 Å². The average molecular weight is 401 g/mol. The molecule has 2 amide bonds. The van der Waals surface area contributed by atoms with Crippen LogP contribution in [0.5, 0.6) is 0 Å². The Morgan fingerprint density at radius 3 is 2.52 bits per heavy atom. The quantitative estimate of drug-likeness (QED) is 0.356. The van der Waals surface area contributed by atoms with Crippen molar-refractivity contribution >= 4 is 20.1 Å². The van der Waals surface area contributed by atoms with E-state index >= 15 is 0 Å². The first-order chi connectivity index (χ1) is 12.4. The molecule has 0 aromatic heterocycles. The SMILES string of the molecule is C=CCO[C@@H]1CN(COCC[Si](C)(C)C)C(=O)CN(C(=O)OC(C)(C)C)C1. The van der Waals surface area contributed by atoms with Gasteiger partial charge in [-0.2, -0.15) is 0 Å². The van der Waals surface area contributed by atoms with Gasteiger partial charge >= 0.3 is 6.09 Å². The van der Waals surface area contributed by atoms with Crippen LogP contribution >= 0.6 is 0 Å². The second-order valence-corrected chi connectivity index (χ2v) is 14.7. The topological polar surface area (TPSA) is 68.3 Å². The summed E-state index contributed by atoms with van der Waals surface area (Å²) in [5.74, 6) is -0.168. The molecule has 0 radical (unpaired) electrons. The van der Waals surface area contributed by atoms with E-state index in [-0.39, 0.29) is 25.3 Å². The molecular weight excluding hydrogens is 364 g/mol. The summed E-state index contributed by atoms with van der Waals surface area (Å²) < 4.78 is 16.9. The number of amides is 2. The van der Waals surface area contributed by atoms with Gasteiger partial charge in [-0.05, 0) is 26.8 Å². The van der Waals surface area contributed by atoms with Crippen LogP contribution in [-0.2, 0) is 19.0 Å². The average Bonchev–Trinajstić information content (AvgIpc) is 2.66. The third kappa shape index (κ3) is 9.93. The van der Waals surface area contributed by atoms with Crippen molar-refractivity contribution in [3.05, 3.63) is 12.7 Å². The molecule has 1 heterocycles. The number of nitrogens with zero attached hydrogens (tertiary/aromatic N) is 2. The number of carbonyl (C=O) groups is 2. The molecule has 1 saturated heterocycles. The summed E-state index contributed by atoms with van der Waals surface area (Å²) in [6.45, 7) is 17.7. The summed E-state index contributed by atoms with van der Waals surface area (Å²) in [5.41, 5.74) is -0.621. The van der Waals surface area contributed by atoms with Gasteiger partial charge in [-0.3, -0.25) is 9.69 Å². The molecule has 27 heavy (non-hydrogen) atoms. The molecule has 7 nitrogen and oxygen atoms in total. The third-order valence-corrected chi connectivity index (χ3v) is 5.58. The molecule has 1 fully saturated rings. The van der Waals surface area contributed by atoms with Crippen molar-refractivity contribution in [2.24, 2.45) is 0 Å². The van der Waals surface area contributed by atoms with Crippen LogP contribution in [0.2, 0.25) is 25.7 Å². The van der Waals surface area contributed by atoms with E-state index in [0.29, 0.717) is 26.3 Å². The molecule has 0 unspecified atom stereocenters. The zero-order chi connectivity index (χ0) is 20.7. The van der Waals surface area contributed by atoms with Crippen LogP contribution in [0.25, 0.3) is 0 Å². The zero-order valence-electron chi connectivity index (χ0n) is 17.7. The highest BCUT2D eigenvalue weighted by molar-refractivity contribution is 6.76. The fourth-order valence-corrected chi connectivity index (χ4v) is 3.19. The predicted molar refractivity (Wildman–Crippen MR) is 108 cm³/mol. The first-order valence-electron chi connectivity index (χ1n) is 9.47. The first kappa shape index (κ1) is 23.7. The Labute approximate surface area is 164 Å². The van der Waals surface area contributed by atoms with Crippen LogP contribution in [0.3, 0.4) is 0 Å². The summed E-state index contributed by atoms with van der Waals surface area (Å²) in [4.78, 5) is 28.1. The van der Waals surface area contributed by atoms with Crippen molar-refractivity contribution in [3.63, 3.8) is 0 Å². The van der Waals surface area contributed by atoms with Crippen LogP contribution in [0.15, 0.2) is 12.7 Å². The third-order valence-electron chi connectivity index (χ3n) is 3.87. The second-order valence-electron chi connectivity index (χ2n) is 9.07. The van der Waals surface area contributed by atoms with Gasteiger partial charge in [0.25, 0.3) is 0 Å². The Bertz CT molecular complexity index is 513. The summed E-state index contributed by atoms with van der Waals surface area (Å²) in [5, 5.41) is 0. The zero-order valence-corrected chi connectivity index (χ0v) is 18.7. The van der Waals surface area contributed by atoms with E-state index in [1.54, 1.807) is 31.7 Å². The predicted octanol–water partition coefficient (Wildman–Crippen LogP) is 2.95. The highest BCUT2D eigenvalue weighted by atomic mass is 28.3. The fraction of sp³-hybridized carbons (Fsp3) is 0.789. The lowest BCUT2D eigenvalue weighted by atomic mass is 10.2. The molecule has 1 aliphatic rings.